The second-order valence-electron chi connectivity index (χ2n) is 3.88. The van der Waals surface area contributed by atoms with Crippen molar-refractivity contribution in [1.82, 2.24) is 9.71 Å². The molecule has 21 heavy (non-hydrogen) atoms. The SMILES string of the molecule is O=C(O)c1cc(F)c(F)c(S(=O)(=O)NCc2cscn2)c1. The summed E-state index contributed by atoms with van der Waals surface area (Å²) in [5, 5.41) is 10.3. The van der Waals surface area contributed by atoms with Crippen molar-refractivity contribution in [3.05, 3.63) is 45.9 Å². The van der Waals surface area contributed by atoms with E-state index in [1.807, 2.05) is 4.72 Å². The largest absolute Gasteiger partial charge is 0.478 e. The fraction of sp³-hybridized carbons (Fsp3) is 0.0909. The average molecular weight is 334 g/mol. The first-order valence-corrected chi connectivity index (χ1v) is 7.83. The highest BCUT2D eigenvalue weighted by molar-refractivity contribution is 7.89. The number of aromatic carboxylic acids is 1. The lowest BCUT2D eigenvalue weighted by Crippen LogP contribution is -2.25. The zero-order valence-corrected chi connectivity index (χ0v) is 11.8. The third-order valence-corrected chi connectivity index (χ3v) is 4.49. The molecule has 0 atom stereocenters. The van der Waals surface area contributed by atoms with E-state index in [0.29, 0.717) is 17.8 Å². The fourth-order valence-corrected chi connectivity index (χ4v) is 3.12. The number of nitrogens with one attached hydrogen (secondary N) is 1. The molecule has 2 N–H and O–H groups in total. The van der Waals surface area contributed by atoms with Crippen LogP contribution in [0.15, 0.2) is 27.9 Å². The number of hydrogen-bond acceptors (Lipinski definition) is 5. The summed E-state index contributed by atoms with van der Waals surface area (Å²) in [5.74, 6) is -4.75. The Morgan fingerprint density at radius 3 is 2.67 bits per heavy atom. The molecule has 10 heteroatoms. The third-order valence-electron chi connectivity index (χ3n) is 2.46. The summed E-state index contributed by atoms with van der Waals surface area (Å²) in [5.41, 5.74) is 1.22. The summed E-state index contributed by atoms with van der Waals surface area (Å²) in [6.45, 7) is -0.218. The molecule has 112 valence electrons. The van der Waals surface area contributed by atoms with Gasteiger partial charge in [0.1, 0.15) is 4.90 Å². The molecule has 1 heterocycles. The molecular formula is C11H8F2N2O4S2. The first-order valence-electron chi connectivity index (χ1n) is 5.40. The second-order valence-corrected chi connectivity index (χ2v) is 6.33. The minimum atomic E-state index is -4.41. The van der Waals surface area contributed by atoms with E-state index in [1.165, 1.54) is 16.8 Å². The number of carboxylic acid groups (broad SMARTS) is 1. The average Bonchev–Trinajstić information content (AvgIpc) is 2.92. The number of nitrogens with zero attached hydrogens (tertiary/aromatic N) is 1. The van der Waals surface area contributed by atoms with Gasteiger partial charge in [0.25, 0.3) is 0 Å². The maximum atomic E-state index is 13.6. The molecule has 0 bridgehead atoms. The molecule has 0 aliphatic rings. The van der Waals surface area contributed by atoms with E-state index in [-0.39, 0.29) is 6.54 Å². The van der Waals surface area contributed by atoms with Crippen LogP contribution >= 0.6 is 11.3 Å². The van der Waals surface area contributed by atoms with Crippen LogP contribution in [0, 0.1) is 11.6 Å². The van der Waals surface area contributed by atoms with Crippen LogP contribution in [0.2, 0.25) is 0 Å². The van der Waals surface area contributed by atoms with Crippen molar-refractivity contribution in [3.8, 4) is 0 Å². The third kappa shape index (κ3) is 3.40. The molecule has 0 spiro atoms. The van der Waals surface area contributed by atoms with Crippen LogP contribution in [0.3, 0.4) is 0 Å². The summed E-state index contributed by atoms with van der Waals surface area (Å²) < 4.78 is 52.8. The Morgan fingerprint density at radius 2 is 2.10 bits per heavy atom. The van der Waals surface area contributed by atoms with E-state index < -0.39 is 38.1 Å². The Kier molecular flexibility index (Phi) is 4.30. The highest BCUT2D eigenvalue weighted by atomic mass is 32.2. The number of carbonyl (C=O) groups is 1. The number of hydrogen-bond donors (Lipinski definition) is 2. The van der Waals surface area contributed by atoms with Gasteiger partial charge in [0.15, 0.2) is 11.6 Å². The van der Waals surface area contributed by atoms with Crippen molar-refractivity contribution < 1.29 is 27.1 Å². The van der Waals surface area contributed by atoms with Gasteiger partial charge < -0.3 is 5.11 Å². The molecule has 0 aliphatic heterocycles. The summed E-state index contributed by atoms with van der Waals surface area (Å²) in [6.07, 6.45) is 0. The van der Waals surface area contributed by atoms with Gasteiger partial charge in [0.05, 0.1) is 23.3 Å². The molecule has 1 aromatic heterocycles. The van der Waals surface area contributed by atoms with Gasteiger partial charge in [0, 0.05) is 5.38 Å². The van der Waals surface area contributed by atoms with Crippen LogP contribution in [0.4, 0.5) is 8.78 Å². The summed E-state index contributed by atoms with van der Waals surface area (Å²) in [6, 6.07) is 0.973. The first kappa shape index (κ1) is 15.5. The minimum absolute atomic E-state index is 0.218. The van der Waals surface area contributed by atoms with Crippen LogP contribution in [0.1, 0.15) is 16.1 Å². The highest BCUT2D eigenvalue weighted by Crippen LogP contribution is 2.20. The van der Waals surface area contributed by atoms with Crippen LogP contribution in [0.5, 0.6) is 0 Å². The van der Waals surface area contributed by atoms with E-state index in [0.717, 1.165) is 0 Å². The van der Waals surface area contributed by atoms with E-state index in [1.54, 1.807) is 5.38 Å². The topological polar surface area (TPSA) is 96.4 Å². The van der Waals surface area contributed by atoms with Crippen LogP contribution in [-0.4, -0.2) is 24.5 Å². The fourth-order valence-electron chi connectivity index (χ4n) is 1.45. The van der Waals surface area contributed by atoms with Gasteiger partial charge in [-0.3, -0.25) is 0 Å². The molecule has 0 amide bonds. The second kappa shape index (κ2) is 5.84. The van der Waals surface area contributed by atoms with Gasteiger partial charge in [-0.05, 0) is 12.1 Å². The van der Waals surface area contributed by atoms with Gasteiger partial charge in [-0.1, -0.05) is 0 Å². The van der Waals surface area contributed by atoms with E-state index in [9.17, 15) is 22.0 Å². The first-order chi connectivity index (χ1) is 9.81. The molecule has 0 unspecified atom stereocenters. The standard InChI is InChI=1S/C11H8F2N2O4S2/c12-8-1-6(11(16)17)2-9(10(8)13)21(18,19)15-3-7-4-20-5-14-7/h1-2,4-5,15H,3H2,(H,16,17). The number of thiazole rings is 1. The van der Waals surface area contributed by atoms with Crippen molar-refractivity contribution in [2.75, 3.05) is 0 Å². The molecule has 0 saturated heterocycles. The van der Waals surface area contributed by atoms with Crippen LogP contribution in [-0.2, 0) is 16.6 Å². The normalized spacial score (nSPS) is 11.5. The Morgan fingerprint density at radius 1 is 1.38 bits per heavy atom. The highest BCUT2D eigenvalue weighted by Gasteiger charge is 2.24. The molecule has 0 radical (unpaired) electrons. The molecular weight excluding hydrogens is 326 g/mol. The predicted molar refractivity (Wildman–Crippen MR) is 69.5 cm³/mol. The Labute approximate surface area is 122 Å². The van der Waals surface area contributed by atoms with E-state index in [4.69, 9.17) is 5.11 Å². The lowest BCUT2D eigenvalue weighted by molar-refractivity contribution is 0.0696. The van der Waals surface area contributed by atoms with Crippen LogP contribution < -0.4 is 4.72 Å². The van der Waals surface area contributed by atoms with Gasteiger partial charge >= 0.3 is 5.97 Å². The molecule has 6 nitrogen and oxygen atoms in total. The van der Waals surface area contributed by atoms with Crippen LogP contribution in [0.25, 0.3) is 0 Å². The number of rotatable bonds is 5. The van der Waals surface area contributed by atoms with Crippen molar-refractivity contribution in [1.29, 1.82) is 0 Å². The molecule has 0 aliphatic carbocycles. The number of aromatic nitrogens is 1. The van der Waals surface area contributed by atoms with Crippen molar-refractivity contribution in [2.24, 2.45) is 0 Å². The zero-order chi connectivity index (χ0) is 15.6. The quantitative estimate of drug-likeness (QED) is 0.866. The van der Waals surface area contributed by atoms with Crippen molar-refractivity contribution in [3.63, 3.8) is 0 Å². The smallest absolute Gasteiger partial charge is 0.335 e. The maximum Gasteiger partial charge on any atom is 0.335 e. The Bertz CT molecular complexity index is 776. The number of carboxylic acids is 1. The number of sulfonamides is 1. The lowest BCUT2D eigenvalue weighted by atomic mass is 10.2. The summed E-state index contributed by atoms with van der Waals surface area (Å²) in [4.78, 5) is 13.5. The molecule has 0 saturated carbocycles. The van der Waals surface area contributed by atoms with Gasteiger partial charge in [-0.25, -0.2) is 31.7 Å². The molecule has 0 fully saturated rings. The zero-order valence-electron chi connectivity index (χ0n) is 10.2. The Hall–Kier alpha value is -1.91. The minimum Gasteiger partial charge on any atom is -0.478 e. The van der Waals surface area contributed by atoms with Gasteiger partial charge in [0.2, 0.25) is 10.0 Å². The maximum absolute atomic E-state index is 13.6. The van der Waals surface area contributed by atoms with Gasteiger partial charge in [-0.15, -0.1) is 11.3 Å². The van der Waals surface area contributed by atoms with E-state index in [2.05, 4.69) is 4.98 Å². The number of benzene rings is 1. The summed E-state index contributed by atoms with van der Waals surface area (Å²) >= 11 is 1.24. The molecule has 2 aromatic rings. The monoisotopic (exact) mass is 334 g/mol. The summed E-state index contributed by atoms with van der Waals surface area (Å²) in [7, 11) is -4.41. The van der Waals surface area contributed by atoms with Crippen molar-refractivity contribution >= 4 is 27.3 Å². The Balaban J connectivity index is 2.37. The van der Waals surface area contributed by atoms with E-state index >= 15 is 0 Å². The molecule has 1 aromatic carbocycles. The van der Waals surface area contributed by atoms with Gasteiger partial charge in [-0.2, -0.15) is 0 Å². The lowest BCUT2D eigenvalue weighted by Gasteiger charge is -2.08. The number of halogens is 2. The van der Waals surface area contributed by atoms with Crippen molar-refractivity contribution in [2.45, 2.75) is 11.4 Å². The predicted octanol–water partition coefficient (Wildman–Crippen LogP) is 1.60. The molecule has 2 rings (SSSR count).